The zero-order chi connectivity index (χ0) is 11.2. The van der Waals surface area contributed by atoms with Crippen LogP contribution in [0.25, 0.3) is 0 Å². The quantitative estimate of drug-likeness (QED) is 0.579. The van der Waals surface area contributed by atoms with Crippen molar-refractivity contribution in [3.05, 3.63) is 0 Å². The molecule has 0 aromatic carbocycles. The van der Waals surface area contributed by atoms with Crippen LogP contribution in [0.1, 0.15) is 46.5 Å². The predicted molar refractivity (Wildman–Crippen MR) is 63.0 cm³/mol. The Morgan fingerprint density at radius 2 is 2.07 bits per heavy atom. The van der Waals surface area contributed by atoms with E-state index in [0.717, 1.165) is 25.7 Å². The molecule has 86 valence electrons. The molecule has 2 saturated carbocycles. The predicted octanol–water partition coefficient (Wildman–Crippen LogP) is 3.65. The van der Waals surface area contributed by atoms with E-state index in [1.54, 1.807) is 0 Å². The fourth-order valence-corrected chi connectivity index (χ4v) is 3.90. The van der Waals surface area contributed by atoms with Gasteiger partial charge in [0, 0.05) is 17.7 Å². The lowest BCUT2D eigenvalue weighted by atomic mass is 9.53. The molecule has 2 fully saturated rings. The number of alkyl halides is 1. The Balaban J connectivity index is 2.27. The molecule has 2 heteroatoms. The fourth-order valence-electron chi connectivity index (χ4n) is 3.62. The summed E-state index contributed by atoms with van der Waals surface area (Å²) < 4.78 is 0. The Bertz CT molecular complexity index is 276. The van der Waals surface area contributed by atoms with Gasteiger partial charge in [-0.15, -0.1) is 11.6 Å². The highest BCUT2D eigenvalue weighted by Crippen LogP contribution is 2.54. The average Bonchev–Trinajstić information content (AvgIpc) is 2.18. The van der Waals surface area contributed by atoms with Crippen molar-refractivity contribution < 1.29 is 4.79 Å². The van der Waals surface area contributed by atoms with E-state index >= 15 is 0 Å². The van der Waals surface area contributed by atoms with Crippen molar-refractivity contribution in [3.8, 4) is 0 Å². The number of carbonyl (C=O) groups is 1. The topological polar surface area (TPSA) is 17.1 Å². The number of rotatable bonds is 0. The van der Waals surface area contributed by atoms with Crippen molar-refractivity contribution in [1.29, 1.82) is 0 Å². The van der Waals surface area contributed by atoms with Crippen LogP contribution in [-0.2, 0) is 4.79 Å². The lowest BCUT2D eigenvalue weighted by Crippen LogP contribution is -2.49. The summed E-state index contributed by atoms with van der Waals surface area (Å²) in [7, 11) is 0. The first-order valence-electron chi connectivity index (χ1n) is 6.12. The molecule has 0 heterocycles. The van der Waals surface area contributed by atoms with Crippen LogP contribution in [0.3, 0.4) is 0 Å². The number of hydrogen-bond acceptors (Lipinski definition) is 1. The van der Waals surface area contributed by atoms with E-state index in [1.807, 2.05) is 0 Å². The summed E-state index contributed by atoms with van der Waals surface area (Å²) in [4.78, 5) is 12.1. The third kappa shape index (κ3) is 1.73. The summed E-state index contributed by atoms with van der Waals surface area (Å²) in [6.07, 6.45) is 3.89. The number of ketones is 1. The van der Waals surface area contributed by atoms with Gasteiger partial charge in [0.05, 0.1) is 0 Å². The van der Waals surface area contributed by atoms with E-state index in [9.17, 15) is 4.79 Å². The number of hydrogen-bond donors (Lipinski definition) is 0. The second-order valence-electron chi connectivity index (χ2n) is 5.87. The summed E-state index contributed by atoms with van der Waals surface area (Å²) in [5.41, 5.74) is 0.222. The molecule has 2 aliphatic carbocycles. The van der Waals surface area contributed by atoms with Crippen molar-refractivity contribution >= 4 is 17.4 Å². The highest BCUT2D eigenvalue weighted by Gasteiger charge is 2.51. The zero-order valence-electron chi connectivity index (χ0n) is 9.92. The van der Waals surface area contributed by atoms with Gasteiger partial charge in [-0.2, -0.15) is 0 Å². The fraction of sp³-hybridized carbons (Fsp3) is 0.923. The molecule has 0 aromatic heterocycles. The standard InChI is InChI=1S/C13H21ClO/c1-8-6-12(15)11-7-10(14)4-5-13(11,3)9(8)2/h8-11H,4-7H2,1-3H3. The van der Waals surface area contributed by atoms with Crippen LogP contribution in [0.2, 0.25) is 0 Å². The van der Waals surface area contributed by atoms with Gasteiger partial charge >= 0.3 is 0 Å². The molecule has 15 heavy (non-hydrogen) atoms. The number of fused-ring (bicyclic) bond motifs is 1. The van der Waals surface area contributed by atoms with Crippen molar-refractivity contribution in [2.24, 2.45) is 23.2 Å². The Morgan fingerprint density at radius 3 is 2.73 bits per heavy atom. The molecule has 2 rings (SSSR count). The van der Waals surface area contributed by atoms with Crippen LogP contribution in [0.4, 0.5) is 0 Å². The minimum absolute atomic E-state index is 0.222. The normalized spacial score (nSPS) is 51.3. The van der Waals surface area contributed by atoms with Gasteiger partial charge < -0.3 is 0 Å². The van der Waals surface area contributed by atoms with Gasteiger partial charge in [0.25, 0.3) is 0 Å². The highest BCUT2D eigenvalue weighted by molar-refractivity contribution is 6.20. The maximum Gasteiger partial charge on any atom is 0.136 e. The summed E-state index contributed by atoms with van der Waals surface area (Å²) >= 11 is 6.20. The second kappa shape index (κ2) is 3.76. The Labute approximate surface area is 97.6 Å². The van der Waals surface area contributed by atoms with Crippen LogP contribution in [-0.4, -0.2) is 11.2 Å². The Hall–Kier alpha value is -0.0400. The summed E-state index contributed by atoms with van der Waals surface area (Å²) in [5.74, 6) is 1.91. The summed E-state index contributed by atoms with van der Waals surface area (Å²) in [6.45, 7) is 6.84. The van der Waals surface area contributed by atoms with E-state index in [-0.39, 0.29) is 16.7 Å². The molecule has 0 amide bonds. The van der Waals surface area contributed by atoms with Gasteiger partial charge in [0.1, 0.15) is 5.78 Å². The Kier molecular flexibility index (Phi) is 2.87. The van der Waals surface area contributed by atoms with E-state index in [2.05, 4.69) is 20.8 Å². The molecule has 0 spiro atoms. The Morgan fingerprint density at radius 1 is 1.40 bits per heavy atom. The lowest BCUT2D eigenvalue weighted by Gasteiger charge is -2.51. The van der Waals surface area contributed by atoms with Crippen LogP contribution >= 0.6 is 11.6 Å². The average molecular weight is 229 g/mol. The highest BCUT2D eigenvalue weighted by atomic mass is 35.5. The van der Waals surface area contributed by atoms with Gasteiger partial charge in [0.2, 0.25) is 0 Å². The van der Waals surface area contributed by atoms with Gasteiger partial charge in [-0.3, -0.25) is 4.79 Å². The van der Waals surface area contributed by atoms with Gasteiger partial charge in [-0.05, 0) is 36.5 Å². The first-order valence-corrected chi connectivity index (χ1v) is 6.55. The molecule has 5 unspecified atom stereocenters. The molecule has 0 bridgehead atoms. The maximum atomic E-state index is 12.1. The SMILES string of the molecule is CC1CC(=O)C2CC(Cl)CCC2(C)C1C. The van der Waals surface area contributed by atoms with Crippen LogP contribution in [0.5, 0.6) is 0 Å². The molecule has 1 nitrogen and oxygen atoms in total. The van der Waals surface area contributed by atoms with E-state index in [0.29, 0.717) is 17.6 Å². The largest absolute Gasteiger partial charge is 0.299 e. The third-order valence-electron chi connectivity index (χ3n) is 5.09. The van der Waals surface area contributed by atoms with Crippen molar-refractivity contribution in [2.45, 2.75) is 51.8 Å². The molecule has 0 aliphatic heterocycles. The van der Waals surface area contributed by atoms with Crippen molar-refractivity contribution in [3.63, 3.8) is 0 Å². The van der Waals surface area contributed by atoms with Gasteiger partial charge in [-0.25, -0.2) is 0 Å². The van der Waals surface area contributed by atoms with E-state index in [1.165, 1.54) is 0 Å². The number of carbonyl (C=O) groups excluding carboxylic acids is 1. The molecular weight excluding hydrogens is 208 g/mol. The van der Waals surface area contributed by atoms with E-state index in [4.69, 9.17) is 11.6 Å². The monoisotopic (exact) mass is 228 g/mol. The number of Topliss-reactive ketones (excluding diaryl/α,β-unsaturated/α-hetero) is 1. The minimum Gasteiger partial charge on any atom is -0.299 e. The molecule has 0 radical (unpaired) electrons. The minimum atomic E-state index is 0.222. The van der Waals surface area contributed by atoms with Gasteiger partial charge in [0.15, 0.2) is 0 Å². The molecule has 0 aromatic rings. The summed E-state index contributed by atoms with van der Waals surface area (Å²) in [5, 5.41) is 0.229. The van der Waals surface area contributed by atoms with Gasteiger partial charge in [-0.1, -0.05) is 20.8 Å². The molecule has 0 saturated heterocycles. The van der Waals surface area contributed by atoms with Crippen LogP contribution < -0.4 is 0 Å². The van der Waals surface area contributed by atoms with Crippen molar-refractivity contribution in [1.82, 2.24) is 0 Å². The number of halogens is 1. The van der Waals surface area contributed by atoms with Crippen LogP contribution in [0, 0.1) is 23.2 Å². The summed E-state index contributed by atoms with van der Waals surface area (Å²) in [6, 6.07) is 0. The maximum absolute atomic E-state index is 12.1. The first kappa shape index (κ1) is 11.4. The van der Waals surface area contributed by atoms with Crippen molar-refractivity contribution in [2.75, 3.05) is 0 Å². The first-order chi connectivity index (χ1) is 6.95. The lowest BCUT2D eigenvalue weighted by molar-refractivity contribution is -0.139. The smallest absolute Gasteiger partial charge is 0.136 e. The molecule has 0 N–H and O–H groups in total. The molecular formula is C13H21ClO. The van der Waals surface area contributed by atoms with E-state index < -0.39 is 0 Å². The molecule has 2 aliphatic rings. The molecule has 5 atom stereocenters. The second-order valence-corrected chi connectivity index (χ2v) is 6.48. The zero-order valence-corrected chi connectivity index (χ0v) is 10.7. The third-order valence-corrected chi connectivity index (χ3v) is 5.49. The van der Waals surface area contributed by atoms with Crippen LogP contribution in [0.15, 0.2) is 0 Å².